The number of non-ortho nitro benzene ring substituents is 1. The Bertz CT molecular complexity index is 705. The Morgan fingerprint density at radius 1 is 1.16 bits per heavy atom. The molecule has 0 aliphatic heterocycles. The molecule has 0 aliphatic carbocycles. The maximum absolute atomic E-state index is 10.7. The molecule has 132 valence electrons. The molecule has 25 heavy (non-hydrogen) atoms. The summed E-state index contributed by atoms with van der Waals surface area (Å²) in [6.07, 6.45) is 0.918. The average molecular weight is 358 g/mol. The van der Waals surface area contributed by atoms with Crippen molar-refractivity contribution < 1.29 is 4.92 Å². The van der Waals surface area contributed by atoms with E-state index in [2.05, 4.69) is 27.7 Å². The van der Waals surface area contributed by atoms with Gasteiger partial charge < -0.3 is 15.5 Å². The first-order valence-electron chi connectivity index (χ1n) is 7.95. The maximum Gasteiger partial charge on any atom is 0.269 e. The lowest BCUT2D eigenvalue weighted by Gasteiger charge is -2.25. The van der Waals surface area contributed by atoms with E-state index in [0.717, 1.165) is 6.42 Å². The van der Waals surface area contributed by atoms with Crippen LogP contribution in [-0.4, -0.2) is 41.6 Å². The smallest absolute Gasteiger partial charge is 0.269 e. The minimum absolute atomic E-state index is 0.0555. The summed E-state index contributed by atoms with van der Waals surface area (Å²) in [5.74, 6) is 0. The maximum atomic E-state index is 10.7. The predicted octanol–water partition coefficient (Wildman–Crippen LogP) is 3.05. The lowest BCUT2D eigenvalue weighted by molar-refractivity contribution is -0.384. The van der Waals surface area contributed by atoms with E-state index in [1.807, 2.05) is 32.3 Å². The number of hydrogen-bond donors (Lipinski definition) is 2. The van der Waals surface area contributed by atoms with Gasteiger partial charge in [0, 0.05) is 30.4 Å². The van der Waals surface area contributed by atoms with Gasteiger partial charge in [-0.1, -0.05) is 30.3 Å². The van der Waals surface area contributed by atoms with Gasteiger partial charge in [-0.25, -0.2) is 0 Å². The molecule has 2 aromatic carbocycles. The third kappa shape index (κ3) is 6.13. The monoisotopic (exact) mass is 358 g/mol. The van der Waals surface area contributed by atoms with Gasteiger partial charge in [0.05, 0.1) is 4.92 Å². The van der Waals surface area contributed by atoms with E-state index in [4.69, 9.17) is 12.2 Å². The zero-order valence-electron chi connectivity index (χ0n) is 14.3. The van der Waals surface area contributed by atoms with E-state index in [9.17, 15) is 10.1 Å². The van der Waals surface area contributed by atoms with Gasteiger partial charge >= 0.3 is 0 Å². The summed E-state index contributed by atoms with van der Waals surface area (Å²) in [7, 11) is 4.09. The Morgan fingerprint density at radius 3 is 2.36 bits per heavy atom. The second kappa shape index (κ2) is 9.10. The van der Waals surface area contributed by atoms with Crippen LogP contribution in [0.25, 0.3) is 0 Å². The van der Waals surface area contributed by atoms with Crippen LogP contribution in [0.4, 0.5) is 11.4 Å². The topological polar surface area (TPSA) is 70.4 Å². The summed E-state index contributed by atoms with van der Waals surface area (Å²) >= 11 is 5.32. The number of anilines is 1. The molecule has 0 unspecified atom stereocenters. The van der Waals surface area contributed by atoms with E-state index in [-0.39, 0.29) is 5.69 Å². The second-order valence-corrected chi connectivity index (χ2v) is 6.35. The second-order valence-electron chi connectivity index (χ2n) is 5.95. The molecule has 1 atom stereocenters. The number of nitrogens with one attached hydrogen (secondary N) is 2. The predicted molar refractivity (Wildman–Crippen MR) is 105 cm³/mol. The van der Waals surface area contributed by atoms with Crippen molar-refractivity contribution in [2.75, 3.05) is 26.0 Å². The Kier molecular flexibility index (Phi) is 6.85. The van der Waals surface area contributed by atoms with Crippen LogP contribution >= 0.6 is 12.2 Å². The van der Waals surface area contributed by atoms with Gasteiger partial charge in [-0.2, -0.15) is 0 Å². The van der Waals surface area contributed by atoms with Gasteiger partial charge in [-0.15, -0.1) is 0 Å². The zero-order chi connectivity index (χ0) is 18.2. The van der Waals surface area contributed by atoms with Crippen molar-refractivity contribution in [1.82, 2.24) is 10.2 Å². The van der Waals surface area contributed by atoms with Crippen molar-refractivity contribution in [2.45, 2.75) is 12.5 Å². The normalized spacial score (nSPS) is 11.8. The van der Waals surface area contributed by atoms with Gasteiger partial charge in [0.25, 0.3) is 5.69 Å². The highest BCUT2D eigenvalue weighted by Crippen LogP contribution is 2.15. The standard InChI is InChI=1S/C18H22N4O2S/c1-21(2)17(12-14-6-4-3-5-7-14)13-19-18(25)20-15-8-10-16(11-9-15)22(23)24/h3-11,17H,12-13H2,1-2H3,(H2,19,20,25)/t17-/m1/s1. The van der Waals surface area contributed by atoms with Crippen LogP contribution < -0.4 is 10.6 Å². The number of thiocarbonyl (C=S) groups is 1. The number of nitro groups is 1. The summed E-state index contributed by atoms with van der Waals surface area (Å²) in [5.41, 5.74) is 2.05. The van der Waals surface area contributed by atoms with Crippen molar-refractivity contribution in [3.63, 3.8) is 0 Å². The molecule has 0 amide bonds. The molecule has 0 bridgehead atoms. The first-order valence-corrected chi connectivity index (χ1v) is 8.36. The van der Waals surface area contributed by atoms with Crippen LogP contribution in [0.5, 0.6) is 0 Å². The van der Waals surface area contributed by atoms with E-state index in [1.165, 1.54) is 17.7 Å². The van der Waals surface area contributed by atoms with Crippen molar-refractivity contribution in [1.29, 1.82) is 0 Å². The Labute approximate surface area is 153 Å². The lowest BCUT2D eigenvalue weighted by Crippen LogP contribution is -2.42. The first kappa shape index (κ1) is 18.8. The van der Waals surface area contributed by atoms with E-state index < -0.39 is 4.92 Å². The van der Waals surface area contributed by atoms with E-state index >= 15 is 0 Å². The summed E-state index contributed by atoms with van der Waals surface area (Å²) in [6.45, 7) is 0.695. The van der Waals surface area contributed by atoms with E-state index in [1.54, 1.807) is 12.1 Å². The largest absolute Gasteiger partial charge is 0.361 e. The molecule has 7 heteroatoms. The van der Waals surface area contributed by atoms with Crippen LogP contribution in [0, 0.1) is 10.1 Å². The van der Waals surface area contributed by atoms with Crippen LogP contribution in [0.15, 0.2) is 54.6 Å². The fourth-order valence-electron chi connectivity index (χ4n) is 2.38. The van der Waals surface area contributed by atoms with Gasteiger partial charge in [-0.05, 0) is 50.4 Å². The van der Waals surface area contributed by atoms with Crippen LogP contribution in [-0.2, 0) is 6.42 Å². The fourth-order valence-corrected chi connectivity index (χ4v) is 2.58. The molecule has 0 spiro atoms. The fraction of sp³-hybridized carbons (Fsp3) is 0.278. The molecule has 0 aliphatic rings. The van der Waals surface area contributed by atoms with Gasteiger partial charge in [-0.3, -0.25) is 10.1 Å². The molecule has 0 heterocycles. The first-order chi connectivity index (χ1) is 12.0. The number of benzene rings is 2. The molecule has 0 saturated heterocycles. The lowest BCUT2D eigenvalue weighted by atomic mass is 10.1. The number of rotatable bonds is 7. The Hall–Kier alpha value is -2.51. The summed E-state index contributed by atoms with van der Waals surface area (Å²) < 4.78 is 0. The van der Waals surface area contributed by atoms with Gasteiger partial charge in [0.2, 0.25) is 0 Å². The summed E-state index contributed by atoms with van der Waals surface area (Å²) in [4.78, 5) is 12.4. The molecular weight excluding hydrogens is 336 g/mol. The van der Waals surface area contributed by atoms with Crippen LogP contribution in [0.2, 0.25) is 0 Å². The highest BCUT2D eigenvalue weighted by atomic mass is 32.1. The van der Waals surface area contributed by atoms with E-state index in [0.29, 0.717) is 23.4 Å². The summed E-state index contributed by atoms with van der Waals surface area (Å²) in [6, 6.07) is 16.8. The minimum atomic E-state index is -0.425. The number of likely N-dealkylation sites (N-methyl/N-ethyl adjacent to an activating group) is 1. The average Bonchev–Trinajstić information content (AvgIpc) is 2.59. The van der Waals surface area contributed by atoms with Crippen molar-refractivity contribution in [3.05, 3.63) is 70.3 Å². The van der Waals surface area contributed by atoms with Gasteiger partial charge in [0.15, 0.2) is 5.11 Å². The highest BCUT2D eigenvalue weighted by molar-refractivity contribution is 7.80. The Balaban J connectivity index is 1.87. The molecule has 0 saturated carbocycles. The number of hydrogen-bond acceptors (Lipinski definition) is 4. The molecule has 2 aromatic rings. The molecule has 6 nitrogen and oxygen atoms in total. The third-order valence-electron chi connectivity index (χ3n) is 3.88. The third-order valence-corrected chi connectivity index (χ3v) is 4.13. The highest BCUT2D eigenvalue weighted by Gasteiger charge is 2.13. The van der Waals surface area contributed by atoms with Crippen molar-refractivity contribution in [3.8, 4) is 0 Å². The molecular formula is C18H22N4O2S. The quantitative estimate of drug-likeness (QED) is 0.450. The molecule has 0 aromatic heterocycles. The zero-order valence-corrected chi connectivity index (χ0v) is 15.1. The molecule has 2 rings (SSSR count). The number of nitrogens with zero attached hydrogens (tertiary/aromatic N) is 2. The van der Waals surface area contributed by atoms with Crippen molar-refractivity contribution >= 4 is 28.7 Å². The molecule has 0 radical (unpaired) electrons. The minimum Gasteiger partial charge on any atom is -0.361 e. The number of nitro benzene ring substituents is 1. The van der Waals surface area contributed by atoms with Crippen LogP contribution in [0.3, 0.4) is 0 Å². The SMILES string of the molecule is CN(C)[C@@H](CNC(=S)Nc1ccc([N+](=O)[O-])cc1)Cc1ccccc1. The van der Waals surface area contributed by atoms with Crippen LogP contribution in [0.1, 0.15) is 5.56 Å². The Morgan fingerprint density at radius 2 is 1.80 bits per heavy atom. The molecule has 2 N–H and O–H groups in total. The summed E-state index contributed by atoms with van der Waals surface area (Å²) in [5, 5.41) is 17.4. The van der Waals surface area contributed by atoms with Crippen molar-refractivity contribution in [2.24, 2.45) is 0 Å². The molecule has 0 fully saturated rings. The van der Waals surface area contributed by atoms with Gasteiger partial charge in [0.1, 0.15) is 0 Å².